The van der Waals surface area contributed by atoms with Crippen LogP contribution in [0, 0.1) is 12.7 Å². The maximum Gasteiger partial charge on any atom is 0.339 e. The van der Waals surface area contributed by atoms with Crippen LogP contribution >= 0.6 is 15.9 Å². The number of benzene rings is 2. The molecule has 3 rings (SSSR count). The number of ether oxygens (including phenoxy) is 1. The Kier molecular flexibility index (Phi) is 5.27. The summed E-state index contributed by atoms with van der Waals surface area (Å²) in [5, 5.41) is 3.01. The molecule has 0 radical (unpaired) electrons. The Morgan fingerprint density at radius 3 is 2.73 bits per heavy atom. The molecule has 0 aliphatic carbocycles. The number of fused-ring (bicyclic) bond motifs is 1. The summed E-state index contributed by atoms with van der Waals surface area (Å²) in [6.07, 6.45) is 0. The molecule has 0 unspecified atom stereocenters. The molecular formula is C19H14BrFN2O3. The Balaban J connectivity index is 1.70. The number of anilines is 1. The van der Waals surface area contributed by atoms with Gasteiger partial charge in [0.15, 0.2) is 6.61 Å². The standard InChI is InChI=1S/C19H14BrFN2O3/c1-11-8-14(13-4-2-3-5-16(13)22-11)19(25)26-10-18(24)23-17-7-6-12(20)9-15(17)21/h2-9H,10H2,1H3,(H,23,24). The third kappa shape index (κ3) is 4.05. The second-order valence-corrected chi connectivity index (χ2v) is 6.49. The van der Waals surface area contributed by atoms with Crippen LogP contribution in [0.1, 0.15) is 16.1 Å². The average Bonchev–Trinajstić information content (AvgIpc) is 2.61. The van der Waals surface area contributed by atoms with Crippen molar-refractivity contribution in [2.24, 2.45) is 0 Å². The van der Waals surface area contributed by atoms with E-state index >= 15 is 0 Å². The topological polar surface area (TPSA) is 68.3 Å². The highest BCUT2D eigenvalue weighted by atomic mass is 79.9. The van der Waals surface area contributed by atoms with Crippen molar-refractivity contribution >= 4 is 44.4 Å². The van der Waals surface area contributed by atoms with E-state index in [4.69, 9.17) is 4.74 Å². The highest BCUT2D eigenvalue weighted by Crippen LogP contribution is 2.20. The lowest BCUT2D eigenvalue weighted by atomic mass is 10.1. The minimum absolute atomic E-state index is 0.0134. The number of pyridine rings is 1. The molecular weight excluding hydrogens is 403 g/mol. The molecule has 0 spiro atoms. The van der Waals surface area contributed by atoms with Crippen LogP contribution in [0.15, 0.2) is 53.0 Å². The number of aromatic nitrogens is 1. The molecule has 26 heavy (non-hydrogen) atoms. The van der Waals surface area contributed by atoms with Gasteiger partial charge >= 0.3 is 5.97 Å². The molecule has 132 valence electrons. The van der Waals surface area contributed by atoms with Gasteiger partial charge in [0, 0.05) is 15.6 Å². The smallest absolute Gasteiger partial charge is 0.339 e. The fraction of sp³-hybridized carbons (Fsp3) is 0.105. The SMILES string of the molecule is Cc1cc(C(=O)OCC(=O)Nc2ccc(Br)cc2F)c2ccccc2n1. The molecule has 0 fully saturated rings. The Hall–Kier alpha value is -2.80. The van der Waals surface area contributed by atoms with E-state index in [0.717, 1.165) is 0 Å². The summed E-state index contributed by atoms with van der Waals surface area (Å²) >= 11 is 3.14. The fourth-order valence-electron chi connectivity index (χ4n) is 2.46. The van der Waals surface area contributed by atoms with Gasteiger partial charge in [0.2, 0.25) is 0 Å². The van der Waals surface area contributed by atoms with Crippen molar-refractivity contribution in [2.75, 3.05) is 11.9 Å². The van der Waals surface area contributed by atoms with Crippen LogP contribution in [0.3, 0.4) is 0 Å². The van der Waals surface area contributed by atoms with Gasteiger partial charge in [0.05, 0.1) is 16.8 Å². The Morgan fingerprint density at radius 2 is 1.96 bits per heavy atom. The molecule has 7 heteroatoms. The summed E-state index contributed by atoms with van der Waals surface area (Å²) < 4.78 is 19.4. The molecule has 0 bridgehead atoms. The van der Waals surface area contributed by atoms with Crippen molar-refractivity contribution in [2.45, 2.75) is 6.92 Å². The van der Waals surface area contributed by atoms with Crippen molar-refractivity contribution in [3.63, 3.8) is 0 Å². The molecule has 0 aliphatic rings. The van der Waals surface area contributed by atoms with Gasteiger partial charge in [0.25, 0.3) is 5.91 Å². The fourth-order valence-corrected chi connectivity index (χ4v) is 2.80. The number of carbonyl (C=O) groups is 2. The van der Waals surface area contributed by atoms with Gasteiger partial charge in [-0.05, 0) is 37.3 Å². The number of nitrogens with zero attached hydrogens (tertiary/aromatic N) is 1. The van der Waals surface area contributed by atoms with Crippen LogP contribution in [-0.2, 0) is 9.53 Å². The Bertz CT molecular complexity index is 1010. The predicted octanol–water partition coefficient (Wildman–Crippen LogP) is 4.24. The quantitative estimate of drug-likeness (QED) is 0.645. The Labute approximate surface area is 157 Å². The second-order valence-electron chi connectivity index (χ2n) is 5.58. The summed E-state index contributed by atoms with van der Waals surface area (Å²) in [6, 6.07) is 13.0. The molecule has 2 aromatic carbocycles. The van der Waals surface area contributed by atoms with Gasteiger partial charge in [0.1, 0.15) is 5.82 Å². The van der Waals surface area contributed by atoms with E-state index < -0.39 is 24.3 Å². The first-order valence-corrected chi connectivity index (χ1v) is 8.52. The number of rotatable bonds is 4. The van der Waals surface area contributed by atoms with E-state index in [1.165, 1.54) is 12.1 Å². The molecule has 1 N–H and O–H groups in total. The van der Waals surface area contributed by atoms with Crippen LogP contribution in [0.2, 0.25) is 0 Å². The zero-order valence-corrected chi connectivity index (χ0v) is 15.3. The zero-order valence-electron chi connectivity index (χ0n) is 13.8. The monoisotopic (exact) mass is 416 g/mol. The number of esters is 1. The Morgan fingerprint density at radius 1 is 1.19 bits per heavy atom. The van der Waals surface area contributed by atoms with Crippen LogP contribution in [-0.4, -0.2) is 23.5 Å². The molecule has 1 heterocycles. The molecule has 1 aromatic heterocycles. The van der Waals surface area contributed by atoms with Crippen LogP contribution in [0.25, 0.3) is 10.9 Å². The van der Waals surface area contributed by atoms with E-state index in [2.05, 4.69) is 26.2 Å². The molecule has 0 atom stereocenters. The van der Waals surface area contributed by atoms with Crippen LogP contribution in [0.5, 0.6) is 0 Å². The highest BCUT2D eigenvalue weighted by molar-refractivity contribution is 9.10. The number of hydrogen-bond acceptors (Lipinski definition) is 4. The van der Waals surface area contributed by atoms with Crippen molar-refractivity contribution in [3.05, 3.63) is 70.1 Å². The highest BCUT2D eigenvalue weighted by Gasteiger charge is 2.15. The normalized spacial score (nSPS) is 10.6. The molecule has 0 aliphatic heterocycles. The van der Waals surface area contributed by atoms with E-state index in [-0.39, 0.29) is 5.69 Å². The van der Waals surface area contributed by atoms with E-state index in [0.29, 0.717) is 26.6 Å². The zero-order chi connectivity index (χ0) is 18.7. The average molecular weight is 417 g/mol. The van der Waals surface area contributed by atoms with Gasteiger partial charge in [-0.1, -0.05) is 34.1 Å². The van der Waals surface area contributed by atoms with Gasteiger partial charge in [-0.15, -0.1) is 0 Å². The first-order valence-electron chi connectivity index (χ1n) is 7.72. The lowest BCUT2D eigenvalue weighted by Gasteiger charge is -2.09. The molecule has 0 saturated carbocycles. The summed E-state index contributed by atoms with van der Waals surface area (Å²) in [5.74, 6) is -1.86. The van der Waals surface area contributed by atoms with Crippen molar-refractivity contribution < 1.29 is 18.7 Å². The van der Waals surface area contributed by atoms with Crippen molar-refractivity contribution in [1.82, 2.24) is 4.98 Å². The van der Waals surface area contributed by atoms with Crippen LogP contribution in [0.4, 0.5) is 10.1 Å². The van der Waals surface area contributed by atoms with Gasteiger partial charge in [-0.25, -0.2) is 9.18 Å². The van der Waals surface area contributed by atoms with Crippen molar-refractivity contribution in [1.29, 1.82) is 0 Å². The van der Waals surface area contributed by atoms with E-state index in [9.17, 15) is 14.0 Å². The number of nitrogens with one attached hydrogen (secondary N) is 1. The minimum Gasteiger partial charge on any atom is -0.452 e. The lowest BCUT2D eigenvalue weighted by Crippen LogP contribution is -2.21. The first kappa shape index (κ1) is 18.0. The summed E-state index contributed by atoms with van der Waals surface area (Å²) in [4.78, 5) is 28.7. The summed E-state index contributed by atoms with van der Waals surface area (Å²) in [7, 11) is 0. The second kappa shape index (κ2) is 7.61. The molecule has 0 saturated heterocycles. The minimum atomic E-state index is -0.641. The maximum absolute atomic E-state index is 13.7. The summed E-state index contributed by atoms with van der Waals surface area (Å²) in [5.41, 5.74) is 1.67. The third-order valence-electron chi connectivity index (χ3n) is 3.60. The number of halogens is 2. The van der Waals surface area contributed by atoms with Gasteiger partial charge in [-0.2, -0.15) is 0 Å². The molecule has 1 amide bonds. The van der Waals surface area contributed by atoms with Crippen LogP contribution < -0.4 is 5.32 Å². The number of para-hydroxylation sites is 1. The number of aryl methyl sites for hydroxylation is 1. The van der Waals surface area contributed by atoms with E-state index in [1.807, 2.05) is 6.07 Å². The predicted molar refractivity (Wildman–Crippen MR) is 99.5 cm³/mol. The summed E-state index contributed by atoms with van der Waals surface area (Å²) in [6.45, 7) is 1.25. The third-order valence-corrected chi connectivity index (χ3v) is 4.10. The number of hydrogen-bond donors (Lipinski definition) is 1. The molecule has 3 aromatic rings. The number of carbonyl (C=O) groups excluding carboxylic acids is 2. The van der Waals surface area contributed by atoms with Crippen molar-refractivity contribution in [3.8, 4) is 0 Å². The first-order chi connectivity index (χ1) is 12.4. The van der Waals surface area contributed by atoms with E-state index in [1.54, 1.807) is 37.3 Å². The van der Waals surface area contributed by atoms with Gasteiger partial charge in [-0.3, -0.25) is 9.78 Å². The largest absolute Gasteiger partial charge is 0.452 e. The molecule has 5 nitrogen and oxygen atoms in total. The maximum atomic E-state index is 13.7. The lowest BCUT2D eigenvalue weighted by molar-refractivity contribution is -0.119. The number of amides is 1. The van der Waals surface area contributed by atoms with Gasteiger partial charge < -0.3 is 10.1 Å².